The number of rotatable bonds is 2. The summed E-state index contributed by atoms with van der Waals surface area (Å²) in [5, 5.41) is 3.14. The van der Waals surface area contributed by atoms with E-state index in [-0.39, 0.29) is 0 Å². The number of benzene rings is 1. The van der Waals surface area contributed by atoms with Crippen LogP contribution in [0.1, 0.15) is 20.8 Å². The zero-order valence-corrected chi connectivity index (χ0v) is 12.1. The summed E-state index contributed by atoms with van der Waals surface area (Å²) in [7, 11) is 1.61. The Morgan fingerprint density at radius 2 is 2.11 bits per heavy atom. The highest BCUT2D eigenvalue weighted by Gasteiger charge is 2.17. The molecule has 5 nitrogen and oxygen atoms in total. The van der Waals surface area contributed by atoms with Gasteiger partial charge in [0, 0.05) is 0 Å². The predicted octanol–water partition coefficient (Wildman–Crippen LogP) is 3.65. The van der Waals surface area contributed by atoms with Gasteiger partial charge in [-0.2, -0.15) is 0 Å². The topological polar surface area (TPSA) is 60.5 Å². The highest BCUT2D eigenvalue weighted by molar-refractivity contribution is 7.22. The van der Waals surface area contributed by atoms with Crippen LogP contribution in [0.2, 0.25) is 0 Å². The number of nitrogens with zero attached hydrogens (tertiary/aromatic N) is 1. The van der Waals surface area contributed by atoms with Crippen molar-refractivity contribution in [3.63, 3.8) is 0 Å². The van der Waals surface area contributed by atoms with Crippen molar-refractivity contribution in [1.82, 2.24) is 4.98 Å². The largest absolute Gasteiger partial charge is 0.497 e. The smallest absolute Gasteiger partial charge is 0.413 e. The van der Waals surface area contributed by atoms with Crippen LogP contribution < -0.4 is 10.1 Å². The lowest BCUT2D eigenvalue weighted by atomic mass is 10.2. The number of nitrogens with one attached hydrogen (secondary N) is 1. The van der Waals surface area contributed by atoms with E-state index in [0.717, 1.165) is 16.0 Å². The van der Waals surface area contributed by atoms with E-state index in [2.05, 4.69) is 10.3 Å². The molecule has 1 aromatic carbocycles. The molecule has 0 unspecified atom stereocenters. The fraction of sp³-hybridized carbons (Fsp3) is 0.385. The van der Waals surface area contributed by atoms with Crippen LogP contribution in [-0.2, 0) is 4.74 Å². The molecule has 0 spiro atoms. The first-order valence-electron chi connectivity index (χ1n) is 5.82. The Hall–Kier alpha value is -1.82. The van der Waals surface area contributed by atoms with Gasteiger partial charge in [0.25, 0.3) is 0 Å². The van der Waals surface area contributed by atoms with Crippen molar-refractivity contribution in [1.29, 1.82) is 0 Å². The van der Waals surface area contributed by atoms with Gasteiger partial charge in [-0.05, 0) is 39.0 Å². The molecule has 0 aliphatic carbocycles. The Morgan fingerprint density at radius 1 is 1.37 bits per heavy atom. The molecule has 0 radical (unpaired) electrons. The Labute approximate surface area is 115 Å². The van der Waals surface area contributed by atoms with Crippen LogP contribution in [0.15, 0.2) is 18.2 Å². The minimum absolute atomic E-state index is 0.501. The van der Waals surface area contributed by atoms with Gasteiger partial charge in [0.15, 0.2) is 5.13 Å². The summed E-state index contributed by atoms with van der Waals surface area (Å²) in [5.41, 5.74) is 0.293. The van der Waals surface area contributed by atoms with Crippen molar-refractivity contribution in [2.45, 2.75) is 26.4 Å². The fourth-order valence-corrected chi connectivity index (χ4v) is 2.36. The average Bonchev–Trinajstić information content (AvgIpc) is 2.66. The van der Waals surface area contributed by atoms with E-state index >= 15 is 0 Å². The lowest BCUT2D eigenvalue weighted by Gasteiger charge is -2.18. The van der Waals surface area contributed by atoms with Crippen LogP contribution in [-0.4, -0.2) is 23.8 Å². The highest BCUT2D eigenvalue weighted by Crippen LogP contribution is 2.29. The third kappa shape index (κ3) is 3.57. The lowest BCUT2D eigenvalue weighted by Crippen LogP contribution is -2.27. The van der Waals surface area contributed by atoms with Gasteiger partial charge in [0.2, 0.25) is 0 Å². The second-order valence-electron chi connectivity index (χ2n) is 4.98. The Kier molecular flexibility index (Phi) is 3.61. The minimum Gasteiger partial charge on any atom is -0.497 e. The molecule has 0 saturated carbocycles. The molecule has 6 heteroatoms. The maximum absolute atomic E-state index is 11.6. The van der Waals surface area contributed by atoms with Gasteiger partial charge in [0.05, 0.1) is 17.3 Å². The third-order valence-electron chi connectivity index (χ3n) is 2.20. The Balaban J connectivity index is 2.15. The zero-order chi connectivity index (χ0) is 14.0. The van der Waals surface area contributed by atoms with Crippen LogP contribution in [0, 0.1) is 0 Å². The number of hydrogen-bond donors (Lipinski definition) is 1. The molecular weight excluding hydrogens is 264 g/mol. The van der Waals surface area contributed by atoms with E-state index in [1.165, 1.54) is 11.3 Å². The normalized spacial score (nSPS) is 11.4. The van der Waals surface area contributed by atoms with Gasteiger partial charge in [-0.15, -0.1) is 0 Å². The SMILES string of the molecule is COc1ccc2nc(NC(=O)OC(C)(C)C)sc2c1. The summed E-state index contributed by atoms with van der Waals surface area (Å²) in [6.07, 6.45) is -0.501. The summed E-state index contributed by atoms with van der Waals surface area (Å²) < 4.78 is 11.3. The van der Waals surface area contributed by atoms with E-state index in [4.69, 9.17) is 9.47 Å². The molecular formula is C13H16N2O3S. The van der Waals surface area contributed by atoms with Crippen molar-refractivity contribution in [3.8, 4) is 5.75 Å². The van der Waals surface area contributed by atoms with Crippen molar-refractivity contribution < 1.29 is 14.3 Å². The number of ether oxygens (including phenoxy) is 2. The van der Waals surface area contributed by atoms with Gasteiger partial charge in [-0.3, -0.25) is 5.32 Å². The van der Waals surface area contributed by atoms with Gasteiger partial charge >= 0.3 is 6.09 Å². The van der Waals surface area contributed by atoms with Crippen LogP contribution in [0.25, 0.3) is 10.2 Å². The summed E-state index contributed by atoms with van der Waals surface area (Å²) in [6, 6.07) is 5.57. The number of carbonyl (C=O) groups is 1. The van der Waals surface area contributed by atoms with Gasteiger partial charge < -0.3 is 9.47 Å². The molecule has 0 saturated heterocycles. The van der Waals surface area contributed by atoms with E-state index in [1.54, 1.807) is 7.11 Å². The predicted molar refractivity (Wildman–Crippen MR) is 76.0 cm³/mol. The first kappa shape index (κ1) is 13.6. The molecule has 2 rings (SSSR count). The molecule has 1 amide bonds. The third-order valence-corrected chi connectivity index (χ3v) is 3.14. The number of anilines is 1. The fourth-order valence-electron chi connectivity index (χ4n) is 1.48. The number of hydrogen-bond acceptors (Lipinski definition) is 5. The second-order valence-corrected chi connectivity index (χ2v) is 6.01. The maximum atomic E-state index is 11.6. The van der Waals surface area contributed by atoms with E-state index in [9.17, 15) is 4.79 Å². The van der Waals surface area contributed by atoms with Crippen LogP contribution in [0.5, 0.6) is 5.75 Å². The molecule has 0 atom stereocenters. The van der Waals surface area contributed by atoms with E-state index < -0.39 is 11.7 Å². The number of amides is 1. The van der Waals surface area contributed by atoms with Crippen molar-refractivity contribution >= 4 is 32.8 Å². The van der Waals surface area contributed by atoms with Crippen molar-refractivity contribution in [3.05, 3.63) is 18.2 Å². The highest BCUT2D eigenvalue weighted by atomic mass is 32.1. The first-order valence-corrected chi connectivity index (χ1v) is 6.63. The molecule has 0 bridgehead atoms. The summed E-state index contributed by atoms with van der Waals surface area (Å²) in [6.45, 7) is 5.45. The quantitative estimate of drug-likeness (QED) is 0.912. The van der Waals surface area contributed by atoms with Crippen LogP contribution in [0.3, 0.4) is 0 Å². The number of methoxy groups -OCH3 is 1. The van der Waals surface area contributed by atoms with Gasteiger partial charge in [-0.25, -0.2) is 9.78 Å². The van der Waals surface area contributed by atoms with Crippen molar-refractivity contribution in [2.24, 2.45) is 0 Å². The van der Waals surface area contributed by atoms with Crippen molar-refractivity contribution in [2.75, 3.05) is 12.4 Å². The Bertz CT molecular complexity index is 601. The maximum Gasteiger partial charge on any atom is 0.413 e. The monoisotopic (exact) mass is 280 g/mol. The summed E-state index contributed by atoms with van der Waals surface area (Å²) in [5.74, 6) is 0.764. The molecule has 1 N–H and O–H groups in total. The number of aromatic nitrogens is 1. The van der Waals surface area contributed by atoms with Gasteiger partial charge in [-0.1, -0.05) is 11.3 Å². The number of thiazole rings is 1. The molecule has 1 aromatic heterocycles. The minimum atomic E-state index is -0.524. The molecule has 0 aliphatic heterocycles. The molecule has 0 fully saturated rings. The van der Waals surface area contributed by atoms with Crippen LogP contribution >= 0.6 is 11.3 Å². The number of fused-ring (bicyclic) bond motifs is 1. The first-order chi connectivity index (χ1) is 8.87. The second kappa shape index (κ2) is 5.05. The summed E-state index contributed by atoms with van der Waals surface area (Å²) >= 11 is 1.38. The standard InChI is InChI=1S/C13H16N2O3S/c1-13(2,3)18-12(16)15-11-14-9-6-5-8(17-4)7-10(9)19-11/h5-7H,1-4H3,(H,14,15,16). The summed E-state index contributed by atoms with van der Waals surface area (Å²) in [4.78, 5) is 15.9. The lowest BCUT2D eigenvalue weighted by molar-refractivity contribution is 0.0636. The zero-order valence-electron chi connectivity index (χ0n) is 11.3. The Morgan fingerprint density at radius 3 is 2.74 bits per heavy atom. The average molecular weight is 280 g/mol. The molecule has 1 heterocycles. The van der Waals surface area contributed by atoms with E-state index in [0.29, 0.717) is 5.13 Å². The van der Waals surface area contributed by atoms with Gasteiger partial charge in [0.1, 0.15) is 11.4 Å². The molecule has 19 heavy (non-hydrogen) atoms. The van der Waals surface area contributed by atoms with E-state index in [1.807, 2.05) is 39.0 Å². The van der Waals surface area contributed by atoms with Crippen LogP contribution in [0.4, 0.5) is 9.93 Å². The molecule has 2 aromatic rings. The molecule has 0 aliphatic rings. The number of carbonyl (C=O) groups excluding carboxylic acids is 1. The molecule has 102 valence electrons.